The van der Waals surface area contributed by atoms with Crippen LogP contribution < -0.4 is 10.4 Å². The third kappa shape index (κ3) is 3.46. The Balaban J connectivity index is 3.00. The Kier molecular flexibility index (Phi) is 4.52. The molecule has 0 radical (unpaired) electrons. The SMILES string of the molecule is CC[C@@H](C)C(=O)Nc1cc(Cl)ccc1C(=O)[O-]. The zero-order chi connectivity index (χ0) is 13.0. The lowest BCUT2D eigenvalue weighted by Crippen LogP contribution is -2.26. The largest absolute Gasteiger partial charge is 0.545 e. The van der Waals surface area contributed by atoms with Crippen LogP contribution in [0.5, 0.6) is 0 Å². The number of anilines is 1. The van der Waals surface area contributed by atoms with Gasteiger partial charge in [-0.25, -0.2) is 0 Å². The number of aromatic carboxylic acids is 1. The molecule has 1 N–H and O–H groups in total. The Morgan fingerprint density at radius 2 is 2.12 bits per heavy atom. The number of amides is 1. The van der Waals surface area contributed by atoms with Gasteiger partial charge >= 0.3 is 0 Å². The molecule has 1 amide bonds. The second-order valence-corrected chi connectivity index (χ2v) is 4.21. The minimum Gasteiger partial charge on any atom is -0.545 e. The number of benzene rings is 1. The van der Waals surface area contributed by atoms with Gasteiger partial charge in [0.25, 0.3) is 0 Å². The standard InChI is InChI=1S/C12H14ClNO3/c1-3-7(2)11(15)14-10-6-8(13)4-5-9(10)12(16)17/h4-7H,3H2,1-2H3,(H,14,15)(H,16,17)/p-1/t7-/m1/s1. The Morgan fingerprint density at radius 1 is 1.47 bits per heavy atom. The fourth-order valence-electron chi connectivity index (χ4n) is 1.24. The average molecular weight is 255 g/mol. The molecule has 1 aromatic rings. The van der Waals surface area contributed by atoms with E-state index in [0.29, 0.717) is 11.4 Å². The van der Waals surface area contributed by atoms with Crippen LogP contribution in [-0.4, -0.2) is 11.9 Å². The van der Waals surface area contributed by atoms with Crippen molar-refractivity contribution in [1.29, 1.82) is 0 Å². The molecular weight excluding hydrogens is 242 g/mol. The van der Waals surface area contributed by atoms with Gasteiger partial charge in [-0.3, -0.25) is 4.79 Å². The Morgan fingerprint density at radius 3 is 2.65 bits per heavy atom. The van der Waals surface area contributed by atoms with E-state index in [1.165, 1.54) is 18.2 Å². The molecule has 0 unspecified atom stereocenters. The molecule has 92 valence electrons. The maximum Gasteiger partial charge on any atom is 0.227 e. The van der Waals surface area contributed by atoms with Crippen LogP contribution >= 0.6 is 11.6 Å². The van der Waals surface area contributed by atoms with Crippen LogP contribution in [0, 0.1) is 5.92 Å². The molecule has 0 bridgehead atoms. The summed E-state index contributed by atoms with van der Waals surface area (Å²) in [6.45, 7) is 3.64. The number of hydrogen-bond donors (Lipinski definition) is 1. The molecule has 4 nitrogen and oxygen atoms in total. The van der Waals surface area contributed by atoms with Gasteiger partial charge in [-0.1, -0.05) is 25.4 Å². The summed E-state index contributed by atoms with van der Waals surface area (Å²) in [6, 6.07) is 4.14. The number of carbonyl (C=O) groups is 2. The predicted octanol–water partition coefficient (Wildman–Crippen LogP) is 1.69. The number of halogens is 1. The van der Waals surface area contributed by atoms with Gasteiger partial charge in [-0.15, -0.1) is 0 Å². The van der Waals surface area contributed by atoms with E-state index in [0.717, 1.165) is 0 Å². The van der Waals surface area contributed by atoms with Crippen molar-refractivity contribution in [2.24, 2.45) is 5.92 Å². The second kappa shape index (κ2) is 5.68. The molecule has 0 aliphatic carbocycles. The molecule has 0 aliphatic rings. The molecule has 1 atom stereocenters. The zero-order valence-electron chi connectivity index (χ0n) is 9.62. The average Bonchev–Trinajstić information content (AvgIpc) is 2.27. The van der Waals surface area contributed by atoms with E-state index in [-0.39, 0.29) is 23.1 Å². The lowest BCUT2D eigenvalue weighted by molar-refractivity contribution is -0.254. The molecule has 1 rings (SSSR count). The van der Waals surface area contributed by atoms with Crippen LogP contribution in [0.3, 0.4) is 0 Å². The summed E-state index contributed by atoms with van der Waals surface area (Å²) in [5, 5.41) is 13.7. The fraction of sp³-hybridized carbons (Fsp3) is 0.333. The van der Waals surface area contributed by atoms with E-state index >= 15 is 0 Å². The highest BCUT2D eigenvalue weighted by atomic mass is 35.5. The zero-order valence-corrected chi connectivity index (χ0v) is 10.4. The van der Waals surface area contributed by atoms with Gasteiger partial charge in [0.15, 0.2) is 0 Å². The molecule has 0 saturated heterocycles. The summed E-state index contributed by atoms with van der Waals surface area (Å²) in [4.78, 5) is 22.5. The Labute approximate surface area is 105 Å². The van der Waals surface area contributed by atoms with Crippen LogP contribution in [0.15, 0.2) is 18.2 Å². The molecule has 0 aliphatic heterocycles. The van der Waals surface area contributed by atoms with Gasteiger partial charge in [0, 0.05) is 16.5 Å². The van der Waals surface area contributed by atoms with Crippen molar-refractivity contribution in [3.63, 3.8) is 0 Å². The van der Waals surface area contributed by atoms with E-state index in [2.05, 4.69) is 5.32 Å². The predicted molar refractivity (Wildman–Crippen MR) is 63.9 cm³/mol. The molecule has 0 saturated carbocycles. The molecule has 5 heteroatoms. The first-order valence-electron chi connectivity index (χ1n) is 5.27. The lowest BCUT2D eigenvalue weighted by atomic mass is 10.1. The lowest BCUT2D eigenvalue weighted by Gasteiger charge is -2.14. The van der Waals surface area contributed by atoms with Gasteiger partial charge < -0.3 is 15.2 Å². The molecule has 0 aromatic heterocycles. The van der Waals surface area contributed by atoms with Crippen molar-refractivity contribution in [3.8, 4) is 0 Å². The summed E-state index contributed by atoms with van der Waals surface area (Å²) in [5.41, 5.74) is 0.0915. The van der Waals surface area contributed by atoms with Crippen molar-refractivity contribution in [2.75, 3.05) is 5.32 Å². The number of hydrogen-bond acceptors (Lipinski definition) is 3. The first-order chi connectivity index (χ1) is 7.95. The number of carboxylic acids is 1. The minimum absolute atomic E-state index is 0.0777. The van der Waals surface area contributed by atoms with E-state index in [1.807, 2.05) is 6.92 Å². The first-order valence-corrected chi connectivity index (χ1v) is 5.65. The van der Waals surface area contributed by atoms with Gasteiger partial charge in [0.1, 0.15) is 0 Å². The molecule has 0 spiro atoms. The first kappa shape index (κ1) is 13.5. The second-order valence-electron chi connectivity index (χ2n) is 3.78. The highest BCUT2D eigenvalue weighted by molar-refractivity contribution is 6.31. The van der Waals surface area contributed by atoms with Crippen molar-refractivity contribution in [1.82, 2.24) is 0 Å². The summed E-state index contributed by atoms with van der Waals surface area (Å²) in [5.74, 6) is -1.78. The maximum absolute atomic E-state index is 11.7. The molecule has 0 heterocycles. The third-order valence-electron chi connectivity index (χ3n) is 2.52. The van der Waals surface area contributed by atoms with Gasteiger partial charge in [0.05, 0.1) is 11.7 Å². The van der Waals surface area contributed by atoms with Crippen molar-refractivity contribution < 1.29 is 14.7 Å². The topological polar surface area (TPSA) is 69.2 Å². The number of rotatable bonds is 4. The Bertz CT molecular complexity index is 445. The van der Waals surface area contributed by atoms with Gasteiger partial charge in [-0.05, 0) is 24.6 Å². The maximum atomic E-state index is 11.7. The van der Waals surface area contributed by atoms with Crippen molar-refractivity contribution in [3.05, 3.63) is 28.8 Å². The Hall–Kier alpha value is -1.55. The summed E-state index contributed by atoms with van der Waals surface area (Å²) in [6.07, 6.45) is 0.674. The van der Waals surface area contributed by atoms with Crippen LogP contribution in [0.4, 0.5) is 5.69 Å². The molecule has 1 aromatic carbocycles. The van der Waals surface area contributed by atoms with Crippen molar-refractivity contribution in [2.45, 2.75) is 20.3 Å². The van der Waals surface area contributed by atoms with Crippen LogP contribution in [-0.2, 0) is 4.79 Å². The summed E-state index contributed by atoms with van der Waals surface area (Å²) in [7, 11) is 0. The normalized spacial score (nSPS) is 11.9. The quantitative estimate of drug-likeness (QED) is 0.889. The smallest absolute Gasteiger partial charge is 0.227 e. The molecular formula is C12H13ClNO3-. The van der Waals surface area contributed by atoms with Crippen LogP contribution in [0.1, 0.15) is 30.6 Å². The number of carbonyl (C=O) groups excluding carboxylic acids is 2. The van der Waals surface area contributed by atoms with E-state index in [4.69, 9.17) is 11.6 Å². The summed E-state index contributed by atoms with van der Waals surface area (Å²) < 4.78 is 0. The van der Waals surface area contributed by atoms with Crippen LogP contribution in [0.25, 0.3) is 0 Å². The van der Waals surface area contributed by atoms with Gasteiger partial charge in [-0.2, -0.15) is 0 Å². The van der Waals surface area contributed by atoms with E-state index in [9.17, 15) is 14.7 Å². The molecule has 0 fully saturated rings. The van der Waals surface area contributed by atoms with Gasteiger partial charge in [0.2, 0.25) is 5.91 Å². The minimum atomic E-state index is -1.35. The number of nitrogens with one attached hydrogen (secondary N) is 1. The number of carboxylic acid groups (broad SMARTS) is 1. The summed E-state index contributed by atoms with van der Waals surface area (Å²) >= 11 is 5.75. The monoisotopic (exact) mass is 254 g/mol. The van der Waals surface area contributed by atoms with Crippen LogP contribution in [0.2, 0.25) is 5.02 Å². The third-order valence-corrected chi connectivity index (χ3v) is 2.75. The fourth-order valence-corrected chi connectivity index (χ4v) is 1.41. The van der Waals surface area contributed by atoms with Crippen molar-refractivity contribution >= 4 is 29.2 Å². The highest BCUT2D eigenvalue weighted by Crippen LogP contribution is 2.21. The van der Waals surface area contributed by atoms with E-state index < -0.39 is 5.97 Å². The van der Waals surface area contributed by atoms with E-state index in [1.54, 1.807) is 6.92 Å². The highest BCUT2D eigenvalue weighted by Gasteiger charge is 2.13. The molecule has 17 heavy (non-hydrogen) atoms.